The lowest BCUT2D eigenvalue weighted by molar-refractivity contribution is -0.135. The van der Waals surface area contributed by atoms with Crippen molar-refractivity contribution in [3.8, 4) is 0 Å². The number of hydrogen-bond acceptors (Lipinski definition) is 3. The van der Waals surface area contributed by atoms with Crippen molar-refractivity contribution < 1.29 is 18.0 Å². The van der Waals surface area contributed by atoms with Crippen molar-refractivity contribution in [2.45, 2.75) is 25.9 Å². The second-order valence-electron chi connectivity index (χ2n) is 3.90. The molecular weight excluding hydrogens is 259 g/mol. The zero-order valence-corrected chi connectivity index (χ0v) is 10.5. The molecule has 0 aliphatic heterocycles. The topological polar surface area (TPSA) is 54.0 Å². The van der Waals surface area contributed by atoms with Crippen molar-refractivity contribution in [2.75, 3.05) is 18.4 Å². The summed E-state index contributed by atoms with van der Waals surface area (Å²) < 4.78 is 35.8. The number of rotatable bonds is 6. The molecule has 1 heterocycles. The maximum Gasteiger partial charge on any atom is 0.389 e. The van der Waals surface area contributed by atoms with Gasteiger partial charge >= 0.3 is 6.18 Å². The number of hydrogen-bond donors (Lipinski definition) is 2. The lowest BCUT2D eigenvalue weighted by atomic mass is 10.2. The third kappa shape index (κ3) is 5.58. The van der Waals surface area contributed by atoms with Crippen molar-refractivity contribution in [1.29, 1.82) is 0 Å². The lowest BCUT2D eigenvalue weighted by Gasteiger charge is -2.10. The molecule has 0 bridgehead atoms. The molecule has 0 aliphatic carbocycles. The highest BCUT2D eigenvalue weighted by Gasteiger charge is 2.26. The van der Waals surface area contributed by atoms with Crippen LogP contribution in [0, 0.1) is 0 Å². The van der Waals surface area contributed by atoms with Gasteiger partial charge in [0.2, 0.25) is 0 Å². The fourth-order valence-corrected chi connectivity index (χ4v) is 1.48. The van der Waals surface area contributed by atoms with E-state index in [0.29, 0.717) is 17.9 Å². The summed E-state index contributed by atoms with van der Waals surface area (Å²) in [7, 11) is 0. The molecule has 0 radical (unpaired) electrons. The SMILES string of the molecule is CCNc1ncccc1C(=O)NCCCC(F)(F)F. The van der Waals surface area contributed by atoms with Crippen LogP contribution in [0.2, 0.25) is 0 Å². The molecule has 106 valence electrons. The van der Waals surface area contributed by atoms with Crippen molar-refractivity contribution in [1.82, 2.24) is 10.3 Å². The maximum absolute atomic E-state index is 11.9. The second-order valence-corrected chi connectivity index (χ2v) is 3.90. The van der Waals surface area contributed by atoms with Gasteiger partial charge in [-0.3, -0.25) is 4.79 Å². The van der Waals surface area contributed by atoms with Crippen LogP contribution in [0.4, 0.5) is 19.0 Å². The van der Waals surface area contributed by atoms with Crippen LogP contribution in [0.25, 0.3) is 0 Å². The summed E-state index contributed by atoms with van der Waals surface area (Å²) in [6.07, 6.45) is -3.68. The monoisotopic (exact) mass is 275 g/mol. The second kappa shape index (κ2) is 6.96. The zero-order chi connectivity index (χ0) is 14.3. The van der Waals surface area contributed by atoms with E-state index in [0.717, 1.165) is 0 Å². The summed E-state index contributed by atoms with van der Waals surface area (Å²) in [4.78, 5) is 15.8. The smallest absolute Gasteiger partial charge is 0.370 e. The summed E-state index contributed by atoms with van der Waals surface area (Å²) in [5.41, 5.74) is 0.330. The Labute approximate surface area is 109 Å². The highest BCUT2D eigenvalue weighted by atomic mass is 19.4. The van der Waals surface area contributed by atoms with E-state index in [4.69, 9.17) is 0 Å². The van der Waals surface area contributed by atoms with E-state index < -0.39 is 18.5 Å². The highest BCUT2D eigenvalue weighted by molar-refractivity contribution is 5.98. The summed E-state index contributed by atoms with van der Waals surface area (Å²) in [6.45, 7) is 2.45. The minimum atomic E-state index is -4.19. The first-order valence-electron chi connectivity index (χ1n) is 5.98. The van der Waals surface area contributed by atoms with E-state index in [-0.39, 0.29) is 13.0 Å². The van der Waals surface area contributed by atoms with Crippen LogP contribution in [-0.2, 0) is 0 Å². The van der Waals surface area contributed by atoms with Crippen LogP contribution >= 0.6 is 0 Å². The van der Waals surface area contributed by atoms with Gasteiger partial charge < -0.3 is 10.6 Å². The summed E-state index contributed by atoms with van der Waals surface area (Å²) in [5, 5.41) is 5.37. The molecule has 0 saturated heterocycles. The molecule has 1 rings (SSSR count). The molecule has 0 spiro atoms. The first-order valence-corrected chi connectivity index (χ1v) is 5.98. The van der Waals surface area contributed by atoms with Gasteiger partial charge in [-0.25, -0.2) is 4.98 Å². The van der Waals surface area contributed by atoms with E-state index >= 15 is 0 Å². The lowest BCUT2D eigenvalue weighted by Crippen LogP contribution is -2.26. The van der Waals surface area contributed by atoms with Gasteiger partial charge in [0.1, 0.15) is 5.82 Å². The van der Waals surface area contributed by atoms with Crippen molar-refractivity contribution in [3.05, 3.63) is 23.9 Å². The first kappa shape index (κ1) is 15.3. The maximum atomic E-state index is 11.9. The Bertz CT molecular complexity index is 421. The van der Waals surface area contributed by atoms with Gasteiger partial charge in [-0.1, -0.05) is 0 Å². The quantitative estimate of drug-likeness (QED) is 0.785. The van der Waals surface area contributed by atoms with Crippen LogP contribution in [0.15, 0.2) is 18.3 Å². The Balaban J connectivity index is 2.49. The normalized spacial score (nSPS) is 11.2. The molecule has 1 aromatic rings. The van der Waals surface area contributed by atoms with E-state index in [1.54, 1.807) is 18.3 Å². The van der Waals surface area contributed by atoms with Crippen LogP contribution in [0.5, 0.6) is 0 Å². The molecule has 19 heavy (non-hydrogen) atoms. The van der Waals surface area contributed by atoms with E-state index in [1.165, 1.54) is 0 Å². The Kier molecular flexibility index (Phi) is 5.59. The fraction of sp³-hybridized carbons (Fsp3) is 0.500. The highest BCUT2D eigenvalue weighted by Crippen LogP contribution is 2.20. The molecule has 0 atom stereocenters. The number of aromatic nitrogens is 1. The molecule has 0 fully saturated rings. The van der Waals surface area contributed by atoms with Gasteiger partial charge in [0.05, 0.1) is 5.56 Å². The molecule has 1 aromatic heterocycles. The van der Waals surface area contributed by atoms with Gasteiger partial charge in [-0.2, -0.15) is 13.2 Å². The van der Waals surface area contributed by atoms with Crippen LogP contribution < -0.4 is 10.6 Å². The van der Waals surface area contributed by atoms with Crippen molar-refractivity contribution >= 4 is 11.7 Å². The summed E-state index contributed by atoms with van der Waals surface area (Å²) >= 11 is 0. The van der Waals surface area contributed by atoms with E-state index in [9.17, 15) is 18.0 Å². The van der Waals surface area contributed by atoms with Gasteiger partial charge in [0.15, 0.2) is 0 Å². The molecule has 2 N–H and O–H groups in total. The number of nitrogens with zero attached hydrogens (tertiary/aromatic N) is 1. The molecular formula is C12H16F3N3O. The number of carbonyl (C=O) groups is 1. The van der Waals surface area contributed by atoms with Crippen LogP contribution in [0.3, 0.4) is 0 Å². The number of halogens is 3. The Morgan fingerprint density at radius 3 is 2.79 bits per heavy atom. The number of anilines is 1. The Morgan fingerprint density at radius 2 is 2.16 bits per heavy atom. The average Bonchev–Trinajstić information content (AvgIpc) is 2.34. The zero-order valence-electron chi connectivity index (χ0n) is 10.5. The Morgan fingerprint density at radius 1 is 1.42 bits per heavy atom. The number of amides is 1. The van der Waals surface area contributed by atoms with Crippen LogP contribution in [0.1, 0.15) is 30.1 Å². The van der Waals surface area contributed by atoms with E-state index in [2.05, 4.69) is 15.6 Å². The van der Waals surface area contributed by atoms with Crippen molar-refractivity contribution in [3.63, 3.8) is 0 Å². The number of alkyl halides is 3. The number of nitrogens with one attached hydrogen (secondary N) is 2. The average molecular weight is 275 g/mol. The third-order valence-electron chi connectivity index (χ3n) is 2.32. The molecule has 4 nitrogen and oxygen atoms in total. The minimum Gasteiger partial charge on any atom is -0.370 e. The summed E-state index contributed by atoms with van der Waals surface area (Å²) in [6, 6.07) is 3.18. The first-order chi connectivity index (χ1) is 8.94. The standard InChI is InChI=1S/C12H16F3N3O/c1-2-16-10-9(5-3-7-17-10)11(19)18-8-4-6-12(13,14)15/h3,5,7H,2,4,6,8H2,1H3,(H,16,17)(H,18,19). The molecule has 0 saturated carbocycles. The van der Waals surface area contributed by atoms with Gasteiger partial charge in [-0.05, 0) is 25.5 Å². The fourth-order valence-electron chi connectivity index (χ4n) is 1.48. The molecule has 0 aliphatic rings. The molecule has 1 amide bonds. The van der Waals surface area contributed by atoms with Crippen LogP contribution in [-0.4, -0.2) is 30.2 Å². The van der Waals surface area contributed by atoms with Gasteiger partial charge in [0, 0.05) is 25.7 Å². The Hall–Kier alpha value is -1.79. The summed E-state index contributed by atoms with van der Waals surface area (Å²) in [5.74, 6) is 0.00421. The molecule has 0 unspecified atom stereocenters. The van der Waals surface area contributed by atoms with Gasteiger partial charge in [-0.15, -0.1) is 0 Å². The number of carbonyl (C=O) groups excluding carboxylic acids is 1. The largest absolute Gasteiger partial charge is 0.389 e. The molecule has 0 aromatic carbocycles. The van der Waals surface area contributed by atoms with Crippen molar-refractivity contribution in [2.24, 2.45) is 0 Å². The predicted molar refractivity (Wildman–Crippen MR) is 66.0 cm³/mol. The number of pyridine rings is 1. The third-order valence-corrected chi connectivity index (χ3v) is 2.32. The van der Waals surface area contributed by atoms with Gasteiger partial charge in [0.25, 0.3) is 5.91 Å². The minimum absolute atomic E-state index is 0.0151. The van der Waals surface area contributed by atoms with E-state index in [1.807, 2.05) is 6.92 Å². The molecule has 7 heteroatoms. The predicted octanol–water partition coefficient (Wildman–Crippen LogP) is 2.59.